The molecule has 1 N–H and O–H groups in total. The molecule has 178 valence electrons. The van der Waals surface area contributed by atoms with Crippen molar-refractivity contribution >= 4 is 22.8 Å². The molecule has 0 radical (unpaired) electrons. The van der Waals surface area contributed by atoms with Crippen molar-refractivity contribution in [2.24, 2.45) is 0 Å². The van der Waals surface area contributed by atoms with Gasteiger partial charge in [-0.05, 0) is 57.3 Å². The molecule has 0 unspecified atom stereocenters. The molecular weight excluding hydrogens is 430 g/mol. The van der Waals surface area contributed by atoms with E-state index >= 15 is 0 Å². The molecule has 1 aromatic heterocycles. The molecule has 0 bridgehead atoms. The van der Waals surface area contributed by atoms with Crippen LogP contribution in [0.3, 0.4) is 0 Å². The molecule has 3 aromatic rings. The largest absolute Gasteiger partial charge is 0.508 e. The number of piperazine rings is 1. The van der Waals surface area contributed by atoms with Gasteiger partial charge in [0.25, 0.3) is 0 Å². The highest BCUT2D eigenvalue weighted by Gasteiger charge is 2.30. The molecule has 0 saturated carbocycles. The summed E-state index contributed by atoms with van der Waals surface area (Å²) >= 11 is 0. The van der Waals surface area contributed by atoms with Gasteiger partial charge in [0, 0.05) is 67.0 Å². The second kappa shape index (κ2) is 8.81. The summed E-state index contributed by atoms with van der Waals surface area (Å²) in [6.45, 7) is 10.0. The molecule has 0 spiro atoms. The number of hydrogen-bond acceptors (Lipinski definition) is 6. The Bertz CT molecular complexity index is 1300. The summed E-state index contributed by atoms with van der Waals surface area (Å²) < 4.78 is 13.8. The molecule has 5 rings (SSSR count). The van der Waals surface area contributed by atoms with Gasteiger partial charge in [0.15, 0.2) is 5.76 Å². The van der Waals surface area contributed by atoms with E-state index in [0.29, 0.717) is 16.9 Å². The molecule has 0 aliphatic carbocycles. The van der Waals surface area contributed by atoms with Crippen LogP contribution in [0.15, 0.2) is 36.1 Å². The number of ketones is 1. The fraction of sp³-hybridized carbons (Fsp3) is 0.370. The van der Waals surface area contributed by atoms with Gasteiger partial charge in [0.1, 0.15) is 17.2 Å². The van der Waals surface area contributed by atoms with Crippen LogP contribution in [0, 0.1) is 13.8 Å². The van der Waals surface area contributed by atoms with E-state index in [-0.39, 0.29) is 17.3 Å². The number of allylic oxidation sites excluding steroid dienone is 1. The van der Waals surface area contributed by atoms with E-state index in [1.807, 2.05) is 18.2 Å². The molecule has 2 aliphatic rings. The topological polar surface area (TPSA) is 67.2 Å². The number of fused-ring (bicyclic) bond motifs is 2. The third kappa shape index (κ3) is 3.85. The zero-order valence-corrected chi connectivity index (χ0v) is 20.2. The number of ether oxygens (including phenoxy) is 2. The highest BCUT2D eigenvalue weighted by molar-refractivity contribution is 6.15. The number of carbonyl (C=O) groups excluding carboxylic acids is 1. The number of aromatic hydroxyl groups is 1. The molecular formula is C27H31N3O4. The van der Waals surface area contributed by atoms with Crippen LogP contribution in [0.25, 0.3) is 17.0 Å². The number of likely N-dealkylation sites (N-methyl/N-ethyl adjacent to an activating group) is 1. The van der Waals surface area contributed by atoms with Crippen LogP contribution in [0.2, 0.25) is 0 Å². The summed E-state index contributed by atoms with van der Waals surface area (Å²) in [6, 6.07) is 9.24. The molecule has 1 fully saturated rings. The first-order valence-electron chi connectivity index (χ1n) is 11.7. The van der Waals surface area contributed by atoms with Gasteiger partial charge in [-0.1, -0.05) is 0 Å². The van der Waals surface area contributed by atoms with Crippen LogP contribution in [0.1, 0.15) is 27.2 Å². The van der Waals surface area contributed by atoms with Gasteiger partial charge in [-0.25, -0.2) is 0 Å². The van der Waals surface area contributed by atoms with Crippen molar-refractivity contribution in [2.75, 3.05) is 46.9 Å². The predicted octanol–water partition coefficient (Wildman–Crippen LogP) is 3.84. The maximum Gasteiger partial charge on any atom is 0.231 e. The van der Waals surface area contributed by atoms with E-state index < -0.39 is 0 Å². The quantitative estimate of drug-likeness (QED) is 0.583. The molecule has 1 saturated heterocycles. The lowest BCUT2D eigenvalue weighted by Gasteiger charge is -2.32. The Kier molecular flexibility index (Phi) is 5.83. The number of nitrogens with zero attached hydrogens (tertiary/aromatic N) is 3. The SMILES string of the molecule is COc1ccc2c(c1)c(/C=C1\Oc3c(ccc(O)c3C)C1=O)c(C)n2CCN1CCN(C)CC1. The van der Waals surface area contributed by atoms with Gasteiger partial charge >= 0.3 is 0 Å². The Balaban J connectivity index is 1.52. The van der Waals surface area contributed by atoms with Crippen molar-refractivity contribution in [1.82, 2.24) is 14.4 Å². The average Bonchev–Trinajstić information content (AvgIpc) is 3.30. The number of benzene rings is 2. The predicted molar refractivity (Wildman–Crippen MR) is 133 cm³/mol. The standard InChI is InChI=1S/C27H31N3O4/c1-17-24(31)8-6-20-26(32)25(34-27(17)20)16-21-18(2)30(14-13-29-11-9-28(3)10-12-29)23-7-5-19(33-4)15-22(21)23/h5-8,15-16,31H,9-14H2,1-4H3/b25-16-. The fourth-order valence-corrected chi connectivity index (χ4v) is 4.90. The number of Topliss-reactive ketones (excluding diaryl/α,β-unsaturated/α-hetero) is 1. The van der Waals surface area contributed by atoms with Crippen LogP contribution in [-0.4, -0.2) is 72.1 Å². The lowest BCUT2D eigenvalue weighted by molar-refractivity contribution is 0.101. The Hall–Kier alpha value is -3.29. The Morgan fingerprint density at radius 2 is 1.85 bits per heavy atom. The first-order chi connectivity index (χ1) is 16.4. The average molecular weight is 462 g/mol. The van der Waals surface area contributed by atoms with E-state index in [0.717, 1.165) is 67.2 Å². The van der Waals surface area contributed by atoms with E-state index in [1.54, 1.807) is 26.2 Å². The zero-order valence-electron chi connectivity index (χ0n) is 20.2. The summed E-state index contributed by atoms with van der Waals surface area (Å²) in [4.78, 5) is 17.9. The monoisotopic (exact) mass is 461 g/mol. The number of rotatable bonds is 5. The third-order valence-corrected chi connectivity index (χ3v) is 7.15. The Labute approximate surface area is 199 Å². The van der Waals surface area contributed by atoms with Crippen molar-refractivity contribution < 1.29 is 19.4 Å². The highest BCUT2D eigenvalue weighted by atomic mass is 16.5. The molecule has 3 heterocycles. The van der Waals surface area contributed by atoms with Gasteiger partial charge in [-0.2, -0.15) is 0 Å². The Morgan fingerprint density at radius 1 is 1.09 bits per heavy atom. The smallest absolute Gasteiger partial charge is 0.231 e. The van der Waals surface area contributed by atoms with Crippen LogP contribution in [0.5, 0.6) is 17.2 Å². The molecule has 34 heavy (non-hydrogen) atoms. The number of carbonyl (C=O) groups is 1. The molecule has 7 heteroatoms. The van der Waals surface area contributed by atoms with Crippen LogP contribution >= 0.6 is 0 Å². The van der Waals surface area contributed by atoms with Gasteiger partial charge in [-0.15, -0.1) is 0 Å². The van der Waals surface area contributed by atoms with Gasteiger partial charge < -0.3 is 24.0 Å². The van der Waals surface area contributed by atoms with Crippen molar-refractivity contribution in [3.05, 3.63) is 58.5 Å². The van der Waals surface area contributed by atoms with Gasteiger partial charge in [0.2, 0.25) is 5.78 Å². The number of methoxy groups -OCH3 is 1. The van der Waals surface area contributed by atoms with E-state index in [1.165, 1.54) is 0 Å². The van der Waals surface area contributed by atoms with Crippen molar-refractivity contribution in [1.29, 1.82) is 0 Å². The molecule has 2 aromatic carbocycles. The summed E-state index contributed by atoms with van der Waals surface area (Å²) in [5.41, 5.74) is 4.19. The second-order valence-corrected chi connectivity index (χ2v) is 9.20. The Morgan fingerprint density at radius 3 is 2.59 bits per heavy atom. The minimum absolute atomic E-state index is 0.120. The third-order valence-electron chi connectivity index (χ3n) is 7.15. The maximum atomic E-state index is 13.1. The minimum Gasteiger partial charge on any atom is -0.508 e. The van der Waals surface area contributed by atoms with E-state index in [4.69, 9.17) is 9.47 Å². The number of phenols is 1. The summed E-state index contributed by atoms with van der Waals surface area (Å²) in [5, 5.41) is 11.1. The molecule has 0 amide bonds. The number of phenolic OH excluding ortho intramolecular Hbond substituents is 1. The molecule has 0 atom stereocenters. The molecule has 2 aliphatic heterocycles. The zero-order chi connectivity index (χ0) is 24.0. The van der Waals surface area contributed by atoms with Crippen LogP contribution in [-0.2, 0) is 6.54 Å². The lowest BCUT2D eigenvalue weighted by Crippen LogP contribution is -2.45. The first kappa shape index (κ1) is 22.5. The summed E-state index contributed by atoms with van der Waals surface area (Å²) in [7, 11) is 3.83. The highest BCUT2D eigenvalue weighted by Crippen LogP contribution is 2.40. The maximum absolute atomic E-state index is 13.1. The van der Waals surface area contributed by atoms with Gasteiger partial charge in [-0.3, -0.25) is 9.69 Å². The van der Waals surface area contributed by atoms with E-state index in [9.17, 15) is 9.90 Å². The lowest BCUT2D eigenvalue weighted by atomic mass is 10.0. The van der Waals surface area contributed by atoms with Gasteiger partial charge in [0.05, 0.1) is 12.7 Å². The number of hydrogen-bond donors (Lipinski definition) is 1. The second-order valence-electron chi connectivity index (χ2n) is 9.20. The normalized spacial score (nSPS) is 18.0. The van der Waals surface area contributed by atoms with E-state index in [2.05, 4.69) is 34.4 Å². The van der Waals surface area contributed by atoms with Crippen LogP contribution < -0.4 is 9.47 Å². The minimum atomic E-state index is -0.168. The first-order valence-corrected chi connectivity index (χ1v) is 11.7. The number of aromatic nitrogens is 1. The van der Waals surface area contributed by atoms with Crippen LogP contribution in [0.4, 0.5) is 0 Å². The van der Waals surface area contributed by atoms with Crippen molar-refractivity contribution in [3.8, 4) is 17.2 Å². The molecule has 7 nitrogen and oxygen atoms in total. The summed E-state index contributed by atoms with van der Waals surface area (Å²) in [6.07, 6.45) is 1.84. The van der Waals surface area contributed by atoms with Crippen molar-refractivity contribution in [3.63, 3.8) is 0 Å². The van der Waals surface area contributed by atoms with Crippen molar-refractivity contribution in [2.45, 2.75) is 20.4 Å². The summed E-state index contributed by atoms with van der Waals surface area (Å²) in [5.74, 6) is 1.43. The fourth-order valence-electron chi connectivity index (χ4n) is 4.90.